The van der Waals surface area contributed by atoms with E-state index in [1.807, 2.05) is 0 Å². The van der Waals surface area contributed by atoms with Gasteiger partial charge in [0.2, 0.25) is 0 Å². The molecule has 0 bridgehead atoms. The van der Waals surface area contributed by atoms with Gasteiger partial charge in [-0.05, 0) is 6.42 Å². The van der Waals surface area contributed by atoms with E-state index in [-0.39, 0.29) is 6.04 Å². The van der Waals surface area contributed by atoms with Crippen LogP contribution in [0.25, 0.3) is 0 Å². The minimum atomic E-state index is -0.542. The summed E-state index contributed by atoms with van der Waals surface area (Å²) in [6, 6.07) is -0.313. The standard InChI is InChI=1S/C5H13N2O/c1-2-5(8)4(7)3-6/h4-5,8H,1-3,6-7H2. The molecule has 0 aromatic heterocycles. The topological polar surface area (TPSA) is 72.3 Å². The Morgan fingerprint density at radius 2 is 2.12 bits per heavy atom. The van der Waals surface area contributed by atoms with Crippen molar-refractivity contribution < 1.29 is 5.11 Å². The van der Waals surface area contributed by atoms with Crippen LogP contribution in [0.15, 0.2) is 0 Å². The molecule has 3 heteroatoms. The summed E-state index contributed by atoms with van der Waals surface area (Å²) >= 11 is 0. The molecule has 2 atom stereocenters. The molecule has 0 aromatic carbocycles. The SMILES string of the molecule is [CH2]CC(O)C(N)CN. The molecule has 0 rings (SSSR count). The van der Waals surface area contributed by atoms with Crippen molar-refractivity contribution in [3.8, 4) is 0 Å². The van der Waals surface area contributed by atoms with Crippen LogP contribution in [-0.4, -0.2) is 23.8 Å². The quantitative estimate of drug-likeness (QED) is 0.437. The van der Waals surface area contributed by atoms with Gasteiger partial charge in [-0.1, -0.05) is 6.92 Å². The molecule has 0 amide bonds. The van der Waals surface area contributed by atoms with Crippen LogP contribution in [0.4, 0.5) is 0 Å². The Kier molecular flexibility index (Phi) is 3.77. The van der Waals surface area contributed by atoms with E-state index in [0.717, 1.165) is 0 Å². The van der Waals surface area contributed by atoms with Gasteiger partial charge in [0.05, 0.1) is 6.10 Å². The molecule has 49 valence electrons. The summed E-state index contributed by atoms with van der Waals surface area (Å²) < 4.78 is 0. The molecular weight excluding hydrogens is 104 g/mol. The molecule has 0 heterocycles. The van der Waals surface area contributed by atoms with Crippen LogP contribution in [0, 0.1) is 6.92 Å². The predicted molar refractivity (Wildman–Crippen MR) is 33.0 cm³/mol. The third kappa shape index (κ3) is 2.26. The minimum Gasteiger partial charge on any atom is -0.391 e. The molecular formula is C5H13N2O. The molecule has 0 aliphatic carbocycles. The highest BCUT2D eigenvalue weighted by Gasteiger charge is 2.08. The number of rotatable bonds is 3. The summed E-state index contributed by atoms with van der Waals surface area (Å²) in [7, 11) is 0. The van der Waals surface area contributed by atoms with Gasteiger partial charge < -0.3 is 16.6 Å². The molecule has 3 nitrogen and oxygen atoms in total. The van der Waals surface area contributed by atoms with Gasteiger partial charge in [0, 0.05) is 12.6 Å². The van der Waals surface area contributed by atoms with E-state index in [9.17, 15) is 0 Å². The van der Waals surface area contributed by atoms with E-state index >= 15 is 0 Å². The highest BCUT2D eigenvalue weighted by molar-refractivity contribution is 4.72. The summed E-state index contributed by atoms with van der Waals surface area (Å²) in [6.07, 6.45) is -0.113. The molecule has 0 aromatic rings. The van der Waals surface area contributed by atoms with E-state index in [1.165, 1.54) is 0 Å². The monoisotopic (exact) mass is 117 g/mol. The maximum atomic E-state index is 8.86. The highest BCUT2D eigenvalue weighted by Crippen LogP contribution is 1.91. The van der Waals surface area contributed by atoms with E-state index in [0.29, 0.717) is 13.0 Å². The molecule has 5 N–H and O–H groups in total. The van der Waals surface area contributed by atoms with Crippen molar-refractivity contribution in [1.29, 1.82) is 0 Å². The smallest absolute Gasteiger partial charge is 0.0703 e. The highest BCUT2D eigenvalue weighted by atomic mass is 16.3. The van der Waals surface area contributed by atoms with Gasteiger partial charge in [-0.3, -0.25) is 0 Å². The maximum absolute atomic E-state index is 8.86. The first-order valence-corrected chi connectivity index (χ1v) is 2.65. The van der Waals surface area contributed by atoms with Crippen LogP contribution >= 0.6 is 0 Å². The Morgan fingerprint density at radius 3 is 2.25 bits per heavy atom. The number of nitrogens with two attached hydrogens (primary N) is 2. The summed E-state index contributed by atoms with van der Waals surface area (Å²) in [4.78, 5) is 0. The van der Waals surface area contributed by atoms with Gasteiger partial charge in [-0.25, -0.2) is 0 Å². The van der Waals surface area contributed by atoms with Crippen molar-refractivity contribution in [1.82, 2.24) is 0 Å². The lowest BCUT2D eigenvalue weighted by atomic mass is 10.1. The van der Waals surface area contributed by atoms with Gasteiger partial charge >= 0.3 is 0 Å². The van der Waals surface area contributed by atoms with Crippen molar-refractivity contribution in [2.45, 2.75) is 18.6 Å². The first-order chi connectivity index (χ1) is 3.72. The van der Waals surface area contributed by atoms with Gasteiger partial charge in [0.25, 0.3) is 0 Å². The molecule has 0 fully saturated rings. The largest absolute Gasteiger partial charge is 0.391 e. The van der Waals surface area contributed by atoms with Crippen molar-refractivity contribution in [3.05, 3.63) is 6.92 Å². The van der Waals surface area contributed by atoms with Crippen LogP contribution in [0.5, 0.6) is 0 Å². The third-order valence-corrected chi connectivity index (χ3v) is 1.06. The second kappa shape index (κ2) is 3.83. The van der Waals surface area contributed by atoms with E-state index in [4.69, 9.17) is 16.6 Å². The van der Waals surface area contributed by atoms with Crippen LogP contribution in [0.1, 0.15) is 6.42 Å². The molecule has 8 heavy (non-hydrogen) atoms. The number of aliphatic hydroxyl groups excluding tert-OH is 1. The summed E-state index contributed by atoms with van der Waals surface area (Å²) in [5.41, 5.74) is 10.4. The fraction of sp³-hybridized carbons (Fsp3) is 0.800. The molecule has 0 aliphatic rings. The molecule has 0 aliphatic heterocycles. The lowest BCUT2D eigenvalue weighted by Crippen LogP contribution is -2.40. The van der Waals surface area contributed by atoms with Crippen molar-refractivity contribution in [2.75, 3.05) is 6.54 Å². The van der Waals surface area contributed by atoms with Crippen LogP contribution in [0.2, 0.25) is 0 Å². The second-order valence-electron chi connectivity index (χ2n) is 1.76. The van der Waals surface area contributed by atoms with Gasteiger partial charge in [0.1, 0.15) is 0 Å². The predicted octanol–water partition coefficient (Wildman–Crippen LogP) is -1.14. The lowest BCUT2D eigenvalue weighted by molar-refractivity contribution is 0.149. The average molecular weight is 117 g/mol. The van der Waals surface area contributed by atoms with E-state index < -0.39 is 6.10 Å². The normalized spacial score (nSPS) is 18.0. The lowest BCUT2D eigenvalue weighted by Gasteiger charge is -2.13. The zero-order valence-electron chi connectivity index (χ0n) is 4.88. The minimum absolute atomic E-state index is 0.313. The summed E-state index contributed by atoms with van der Waals surface area (Å²) in [5, 5.41) is 8.86. The Bertz CT molecular complexity index is 50.4. The molecule has 0 spiro atoms. The first-order valence-electron chi connectivity index (χ1n) is 2.65. The first kappa shape index (κ1) is 7.88. The number of aliphatic hydroxyl groups is 1. The zero-order valence-corrected chi connectivity index (χ0v) is 4.88. The second-order valence-corrected chi connectivity index (χ2v) is 1.76. The van der Waals surface area contributed by atoms with E-state index in [1.54, 1.807) is 0 Å². The van der Waals surface area contributed by atoms with Crippen LogP contribution in [-0.2, 0) is 0 Å². The van der Waals surface area contributed by atoms with E-state index in [2.05, 4.69) is 6.92 Å². The summed E-state index contributed by atoms with van der Waals surface area (Å²) in [6.45, 7) is 3.79. The third-order valence-electron chi connectivity index (χ3n) is 1.06. The Hall–Kier alpha value is -0.120. The zero-order chi connectivity index (χ0) is 6.57. The number of hydrogen-bond donors (Lipinski definition) is 3. The van der Waals surface area contributed by atoms with Gasteiger partial charge in [-0.15, -0.1) is 0 Å². The van der Waals surface area contributed by atoms with Crippen LogP contribution in [0.3, 0.4) is 0 Å². The van der Waals surface area contributed by atoms with Gasteiger partial charge in [0.15, 0.2) is 0 Å². The number of hydrogen-bond acceptors (Lipinski definition) is 3. The Morgan fingerprint density at radius 1 is 1.62 bits per heavy atom. The van der Waals surface area contributed by atoms with Crippen molar-refractivity contribution in [2.24, 2.45) is 11.5 Å². The van der Waals surface area contributed by atoms with Gasteiger partial charge in [-0.2, -0.15) is 0 Å². The fourth-order valence-electron chi connectivity index (χ4n) is 0.371. The fourth-order valence-corrected chi connectivity index (χ4v) is 0.371. The molecule has 2 unspecified atom stereocenters. The Balaban J connectivity index is 3.29. The molecule has 1 radical (unpaired) electrons. The molecule has 0 saturated carbocycles. The molecule has 0 saturated heterocycles. The Labute approximate surface area is 49.7 Å². The van der Waals surface area contributed by atoms with Crippen LogP contribution < -0.4 is 11.5 Å². The maximum Gasteiger partial charge on any atom is 0.0703 e. The average Bonchev–Trinajstić information content (AvgIpc) is 1.84. The van der Waals surface area contributed by atoms with Crippen molar-refractivity contribution >= 4 is 0 Å². The van der Waals surface area contributed by atoms with Crippen molar-refractivity contribution in [3.63, 3.8) is 0 Å². The summed E-state index contributed by atoms with van der Waals surface area (Å²) in [5.74, 6) is 0.